The number of pyridine rings is 1. The first kappa shape index (κ1) is 12.7. The number of anilines is 1. The number of aryl methyl sites for hydroxylation is 1. The van der Waals surface area contributed by atoms with Crippen LogP contribution in [0.2, 0.25) is 0 Å². The molecule has 1 aliphatic rings. The van der Waals surface area contributed by atoms with E-state index in [9.17, 15) is 4.79 Å². The summed E-state index contributed by atoms with van der Waals surface area (Å²) in [6.45, 7) is 3.45. The minimum Gasteiger partial charge on any atom is -0.356 e. The highest BCUT2D eigenvalue weighted by Crippen LogP contribution is 2.21. The van der Waals surface area contributed by atoms with E-state index < -0.39 is 0 Å². The van der Waals surface area contributed by atoms with Gasteiger partial charge in [0.1, 0.15) is 11.6 Å². The molecule has 0 unspecified atom stereocenters. The average molecular weight is 268 g/mol. The molecule has 0 N–H and O–H groups in total. The molecule has 0 aliphatic carbocycles. The predicted molar refractivity (Wildman–Crippen MR) is 76.5 cm³/mol. The number of piperidine rings is 1. The molecule has 5 heteroatoms. The maximum Gasteiger partial charge on any atom is 0.161 e. The van der Waals surface area contributed by atoms with E-state index in [2.05, 4.69) is 19.9 Å². The summed E-state index contributed by atoms with van der Waals surface area (Å²) in [5.41, 5.74) is 1.89. The second-order valence-corrected chi connectivity index (χ2v) is 4.95. The summed E-state index contributed by atoms with van der Waals surface area (Å²) in [7, 11) is 0. The second-order valence-electron chi connectivity index (χ2n) is 4.95. The van der Waals surface area contributed by atoms with E-state index in [-0.39, 0.29) is 0 Å². The number of ketones is 1. The molecule has 3 rings (SSSR count). The summed E-state index contributed by atoms with van der Waals surface area (Å²) < 4.78 is 0. The van der Waals surface area contributed by atoms with Crippen LogP contribution in [0, 0.1) is 6.92 Å². The Bertz CT molecular complexity index is 617. The van der Waals surface area contributed by atoms with E-state index >= 15 is 0 Å². The van der Waals surface area contributed by atoms with Crippen LogP contribution in [0.4, 0.5) is 5.82 Å². The molecule has 2 aromatic rings. The lowest BCUT2D eigenvalue weighted by atomic mass is 10.1. The molecule has 5 nitrogen and oxygen atoms in total. The Morgan fingerprint density at radius 3 is 2.50 bits per heavy atom. The molecule has 3 heterocycles. The monoisotopic (exact) mass is 268 g/mol. The SMILES string of the molecule is Cc1cc(N2CCC(=O)CC2)nc(-c2ccncc2)n1. The topological polar surface area (TPSA) is 59.0 Å². The number of carbonyl (C=O) groups excluding carboxylic acids is 1. The van der Waals surface area contributed by atoms with Crippen LogP contribution in [-0.2, 0) is 4.79 Å². The minimum absolute atomic E-state index is 0.335. The lowest BCUT2D eigenvalue weighted by Crippen LogP contribution is -2.34. The first-order chi connectivity index (χ1) is 9.72. The highest BCUT2D eigenvalue weighted by Gasteiger charge is 2.18. The van der Waals surface area contributed by atoms with Crippen LogP contribution >= 0.6 is 0 Å². The predicted octanol–water partition coefficient (Wildman–Crippen LogP) is 2.02. The maximum absolute atomic E-state index is 11.3. The average Bonchev–Trinajstić information content (AvgIpc) is 2.48. The fourth-order valence-corrected chi connectivity index (χ4v) is 2.33. The summed E-state index contributed by atoms with van der Waals surface area (Å²) >= 11 is 0. The molecule has 0 amide bonds. The molecule has 1 saturated heterocycles. The molecule has 0 aromatic carbocycles. The van der Waals surface area contributed by atoms with Crippen LogP contribution < -0.4 is 4.90 Å². The fourth-order valence-electron chi connectivity index (χ4n) is 2.33. The summed E-state index contributed by atoms with van der Waals surface area (Å²) in [4.78, 5) is 26.6. The van der Waals surface area contributed by atoms with Crippen LogP contribution in [0.1, 0.15) is 18.5 Å². The number of aromatic nitrogens is 3. The van der Waals surface area contributed by atoms with Crippen molar-refractivity contribution in [3.63, 3.8) is 0 Å². The third kappa shape index (κ3) is 2.66. The highest BCUT2D eigenvalue weighted by atomic mass is 16.1. The Balaban J connectivity index is 1.93. The Morgan fingerprint density at radius 1 is 1.10 bits per heavy atom. The van der Waals surface area contributed by atoms with E-state index in [4.69, 9.17) is 0 Å². The molecule has 1 aliphatic heterocycles. The van der Waals surface area contributed by atoms with Gasteiger partial charge in [0.05, 0.1) is 0 Å². The lowest BCUT2D eigenvalue weighted by molar-refractivity contribution is -0.119. The maximum atomic E-state index is 11.3. The molecule has 1 fully saturated rings. The van der Waals surface area contributed by atoms with Gasteiger partial charge in [0.25, 0.3) is 0 Å². The zero-order valence-corrected chi connectivity index (χ0v) is 11.4. The van der Waals surface area contributed by atoms with Gasteiger partial charge in [-0.2, -0.15) is 0 Å². The van der Waals surface area contributed by atoms with Crippen molar-refractivity contribution in [1.29, 1.82) is 0 Å². The lowest BCUT2D eigenvalue weighted by Gasteiger charge is -2.27. The number of rotatable bonds is 2. The van der Waals surface area contributed by atoms with Crippen LogP contribution in [0.3, 0.4) is 0 Å². The zero-order valence-electron chi connectivity index (χ0n) is 11.4. The van der Waals surface area contributed by atoms with Gasteiger partial charge in [0, 0.05) is 55.6 Å². The molecular formula is C15H16N4O. The van der Waals surface area contributed by atoms with E-state index in [0.29, 0.717) is 24.4 Å². The smallest absolute Gasteiger partial charge is 0.161 e. The van der Waals surface area contributed by atoms with Gasteiger partial charge in [-0.3, -0.25) is 9.78 Å². The molecular weight excluding hydrogens is 252 g/mol. The highest BCUT2D eigenvalue weighted by molar-refractivity contribution is 5.80. The van der Waals surface area contributed by atoms with E-state index in [1.807, 2.05) is 25.1 Å². The van der Waals surface area contributed by atoms with Crippen molar-refractivity contribution in [2.45, 2.75) is 19.8 Å². The van der Waals surface area contributed by atoms with Gasteiger partial charge < -0.3 is 4.90 Å². The minimum atomic E-state index is 0.335. The van der Waals surface area contributed by atoms with Crippen molar-refractivity contribution in [1.82, 2.24) is 15.0 Å². The van der Waals surface area contributed by atoms with Gasteiger partial charge in [-0.25, -0.2) is 9.97 Å². The van der Waals surface area contributed by atoms with Gasteiger partial charge >= 0.3 is 0 Å². The van der Waals surface area contributed by atoms with Crippen molar-refractivity contribution in [2.75, 3.05) is 18.0 Å². The quantitative estimate of drug-likeness (QED) is 0.834. The van der Waals surface area contributed by atoms with Crippen molar-refractivity contribution in [3.8, 4) is 11.4 Å². The van der Waals surface area contributed by atoms with E-state index in [0.717, 1.165) is 30.2 Å². The Hall–Kier alpha value is -2.30. The van der Waals surface area contributed by atoms with Gasteiger partial charge in [0.15, 0.2) is 5.82 Å². The molecule has 0 spiro atoms. The molecule has 0 atom stereocenters. The summed E-state index contributed by atoms with van der Waals surface area (Å²) in [5.74, 6) is 1.94. The number of Topliss-reactive ketones (excluding diaryl/α,β-unsaturated/α-hetero) is 1. The third-order valence-electron chi connectivity index (χ3n) is 3.42. The third-order valence-corrected chi connectivity index (χ3v) is 3.42. The first-order valence-electron chi connectivity index (χ1n) is 6.75. The molecule has 20 heavy (non-hydrogen) atoms. The Labute approximate surface area is 117 Å². The fraction of sp³-hybridized carbons (Fsp3) is 0.333. The number of carbonyl (C=O) groups is 1. The summed E-state index contributed by atoms with van der Waals surface area (Å²) in [6.07, 6.45) is 4.68. The van der Waals surface area contributed by atoms with E-state index in [1.165, 1.54) is 0 Å². The van der Waals surface area contributed by atoms with Crippen LogP contribution in [-0.4, -0.2) is 33.8 Å². The molecule has 2 aromatic heterocycles. The zero-order chi connectivity index (χ0) is 13.9. The van der Waals surface area contributed by atoms with Crippen LogP contribution in [0.25, 0.3) is 11.4 Å². The molecule has 0 radical (unpaired) electrons. The van der Waals surface area contributed by atoms with Gasteiger partial charge in [-0.15, -0.1) is 0 Å². The van der Waals surface area contributed by atoms with Crippen molar-refractivity contribution in [3.05, 3.63) is 36.3 Å². The molecule has 102 valence electrons. The largest absolute Gasteiger partial charge is 0.356 e. The summed E-state index contributed by atoms with van der Waals surface area (Å²) in [5, 5.41) is 0. The van der Waals surface area contributed by atoms with Crippen LogP contribution in [0.15, 0.2) is 30.6 Å². The Morgan fingerprint density at radius 2 is 1.80 bits per heavy atom. The molecule has 0 saturated carbocycles. The first-order valence-corrected chi connectivity index (χ1v) is 6.75. The standard InChI is InChI=1S/C15H16N4O/c1-11-10-14(19-8-4-13(20)5-9-19)18-15(17-11)12-2-6-16-7-3-12/h2-3,6-7,10H,4-5,8-9H2,1H3. The number of hydrogen-bond donors (Lipinski definition) is 0. The molecule has 0 bridgehead atoms. The van der Waals surface area contributed by atoms with Crippen molar-refractivity contribution in [2.24, 2.45) is 0 Å². The number of hydrogen-bond acceptors (Lipinski definition) is 5. The second kappa shape index (κ2) is 5.36. The van der Waals surface area contributed by atoms with Crippen molar-refractivity contribution < 1.29 is 4.79 Å². The normalized spacial score (nSPS) is 15.4. The van der Waals surface area contributed by atoms with Crippen molar-refractivity contribution >= 4 is 11.6 Å². The summed E-state index contributed by atoms with van der Waals surface area (Å²) in [6, 6.07) is 5.77. The number of nitrogens with zero attached hydrogens (tertiary/aromatic N) is 4. The van der Waals surface area contributed by atoms with Gasteiger partial charge in [0.2, 0.25) is 0 Å². The Kier molecular flexibility index (Phi) is 3.41. The van der Waals surface area contributed by atoms with Gasteiger partial charge in [-0.05, 0) is 19.1 Å². The van der Waals surface area contributed by atoms with Crippen LogP contribution in [0.5, 0.6) is 0 Å². The van der Waals surface area contributed by atoms with E-state index in [1.54, 1.807) is 12.4 Å². The van der Waals surface area contributed by atoms with Gasteiger partial charge in [-0.1, -0.05) is 0 Å².